The molecule has 1 aromatic heterocycles. The molecule has 0 unspecified atom stereocenters. The van der Waals surface area contributed by atoms with Crippen LogP contribution in [-0.4, -0.2) is 11.3 Å². The van der Waals surface area contributed by atoms with E-state index in [1.165, 1.54) is 128 Å². The molecule has 12 rings (SSSR count). The third kappa shape index (κ3) is 9.51. The van der Waals surface area contributed by atoms with E-state index in [9.17, 15) is 0 Å². The van der Waals surface area contributed by atoms with E-state index in [-0.39, 0.29) is 33.8 Å². The first-order chi connectivity index (χ1) is 38.1. The summed E-state index contributed by atoms with van der Waals surface area (Å²) in [5, 5.41) is 2.46. The molecule has 9 aromatic carbocycles. The first kappa shape index (κ1) is 54.1. The lowest BCUT2D eigenvalue weighted by molar-refractivity contribution is 0.568. The van der Waals surface area contributed by atoms with Crippen molar-refractivity contribution >= 4 is 79.0 Å². The van der Waals surface area contributed by atoms with Crippen molar-refractivity contribution in [1.29, 1.82) is 0 Å². The molecule has 4 heteroatoms. The number of hydrogen-bond acceptors (Lipinski definition) is 2. The van der Waals surface area contributed by atoms with Crippen molar-refractivity contribution in [3.63, 3.8) is 0 Å². The van der Waals surface area contributed by atoms with Gasteiger partial charge in [-0.3, -0.25) is 0 Å². The molecule has 0 aliphatic carbocycles. The molecular weight excluding hydrogens is 978 g/mol. The Bertz CT molecular complexity index is 3970. The van der Waals surface area contributed by atoms with Crippen LogP contribution in [0.3, 0.4) is 0 Å². The molecular formula is C77H82BN3. The minimum Gasteiger partial charge on any atom is -0.311 e. The number of rotatable bonds is 6. The number of hydrogen-bond donors (Lipinski definition) is 0. The molecule has 2 aliphatic rings. The van der Waals surface area contributed by atoms with Crippen molar-refractivity contribution < 1.29 is 0 Å². The Morgan fingerprint density at radius 3 is 1.11 bits per heavy atom. The van der Waals surface area contributed by atoms with Crippen LogP contribution in [0.5, 0.6) is 0 Å². The summed E-state index contributed by atoms with van der Waals surface area (Å²) in [7, 11) is 0. The van der Waals surface area contributed by atoms with Crippen molar-refractivity contribution in [1.82, 2.24) is 4.57 Å². The number of nitrogens with zero attached hydrogens (tertiary/aromatic N) is 3. The molecule has 2 aliphatic heterocycles. The summed E-state index contributed by atoms with van der Waals surface area (Å²) in [6, 6.07) is 71.0. The topological polar surface area (TPSA) is 11.4 Å². The van der Waals surface area contributed by atoms with Crippen molar-refractivity contribution in [2.45, 2.75) is 151 Å². The minimum atomic E-state index is -0.101. The molecule has 408 valence electrons. The highest BCUT2D eigenvalue weighted by Crippen LogP contribution is 2.50. The fourth-order valence-corrected chi connectivity index (χ4v) is 12.7. The second-order valence-electron chi connectivity index (χ2n) is 29.1. The van der Waals surface area contributed by atoms with E-state index in [0.717, 1.165) is 5.69 Å². The standard InChI is InChI=1S/C77H82BN3/c1-48(2)53-36-56(75(9,10)11)41-59(37-53)79-66-34-30-54(73(3,4)5)44-64(66)78-65-45-55(74(6,7)8)31-35-67(65)80(60-42-57(76(12,13)14)40-58(43-60)77(15,16)17)71-47-61(46-70(79)72(71)78)81-68-38-51(49-24-20-18-21-25-49)28-32-62(68)63-33-29-52(39-69(63)81)50-26-22-19-23-27-50/h18-48H,1-17H3. The van der Waals surface area contributed by atoms with Crippen LogP contribution in [0.15, 0.2) is 182 Å². The van der Waals surface area contributed by atoms with Gasteiger partial charge in [0, 0.05) is 44.9 Å². The predicted octanol–water partition coefficient (Wildman–Crippen LogP) is 19.8. The molecule has 0 saturated heterocycles. The number of aromatic nitrogens is 1. The van der Waals surface area contributed by atoms with Gasteiger partial charge in [0.1, 0.15) is 0 Å². The number of anilines is 6. The quantitative estimate of drug-likeness (QED) is 0.154. The summed E-state index contributed by atoms with van der Waals surface area (Å²) in [5.41, 5.74) is 27.1. The molecule has 0 amide bonds. The van der Waals surface area contributed by atoms with Crippen molar-refractivity contribution in [2.75, 3.05) is 9.80 Å². The van der Waals surface area contributed by atoms with Crippen LogP contribution in [0.2, 0.25) is 0 Å². The van der Waals surface area contributed by atoms with E-state index in [4.69, 9.17) is 0 Å². The SMILES string of the molecule is CC(C)c1cc(N2c3ccc(C(C)(C)C)cc3B3c4cc(C(C)(C)C)ccc4N(c4cc(C(C)(C)C)cc(C(C)(C)C)c4)c4cc(-n5c6cc(-c7ccccc7)ccc6c6ccc(-c7ccccc7)cc65)cc2c43)cc(C(C)(C)C)c1. The summed E-state index contributed by atoms with van der Waals surface area (Å²) in [5.74, 6) is 0.326. The highest BCUT2D eigenvalue weighted by Gasteiger charge is 2.45. The molecule has 0 radical (unpaired) electrons. The third-order valence-corrected chi connectivity index (χ3v) is 17.7. The lowest BCUT2D eigenvalue weighted by atomic mass is 9.33. The van der Waals surface area contributed by atoms with Gasteiger partial charge in [-0.2, -0.15) is 0 Å². The van der Waals surface area contributed by atoms with Gasteiger partial charge in [-0.15, -0.1) is 0 Å². The molecule has 0 N–H and O–H groups in total. The highest BCUT2D eigenvalue weighted by molar-refractivity contribution is 7.00. The van der Waals surface area contributed by atoms with Crippen LogP contribution >= 0.6 is 0 Å². The molecule has 81 heavy (non-hydrogen) atoms. The smallest absolute Gasteiger partial charge is 0.252 e. The van der Waals surface area contributed by atoms with Gasteiger partial charge >= 0.3 is 0 Å². The summed E-state index contributed by atoms with van der Waals surface area (Å²) in [4.78, 5) is 5.34. The average molecular weight is 1060 g/mol. The molecule has 10 aromatic rings. The van der Waals surface area contributed by atoms with Gasteiger partial charge in [0.15, 0.2) is 0 Å². The van der Waals surface area contributed by atoms with Crippen LogP contribution in [0.25, 0.3) is 49.7 Å². The molecule has 0 saturated carbocycles. The second-order valence-corrected chi connectivity index (χ2v) is 29.1. The molecule has 3 heterocycles. The largest absolute Gasteiger partial charge is 0.311 e. The Morgan fingerprint density at radius 1 is 0.321 bits per heavy atom. The Morgan fingerprint density at radius 2 is 0.716 bits per heavy atom. The first-order valence-corrected chi connectivity index (χ1v) is 29.7. The zero-order valence-corrected chi connectivity index (χ0v) is 51.3. The van der Waals surface area contributed by atoms with E-state index >= 15 is 0 Å². The van der Waals surface area contributed by atoms with Crippen LogP contribution in [-0.2, 0) is 27.1 Å². The summed E-state index contributed by atoms with van der Waals surface area (Å²) in [6.45, 7) is 40.1. The zero-order valence-electron chi connectivity index (χ0n) is 51.3. The van der Waals surface area contributed by atoms with Gasteiger partial charge in [0.25, 0.3) is 6.71 Å². The van der Waals surface area contributed by atoms with E-state index in [1.807, 2.05) is 0 Å². The van der Waals surface area contributed by atoms with Crippen LogP contribution in [0, 0.1) is 0 Å². The van der Waals surface area contributed by atoms with Crippen molar-refractivity contribution in [3.8, 4) is 27.9 Å². The lowest BCUT2D eigenvalue weighted by Gasteiger charge is -2.45. The second kappa shape index (κ2) is 19.0. The summed E-state index contributed by atoms with van der Waals surface area (Å²) in [6.07, 6.45) is 0. The molecule has 0 bridgehead atoms. The van der Waals surface area contributed by atoms with Crippen LogP contribution < -0.4 is 26.2 Å². The van der Waals surface area contributed by atoms with Gasteiger partial charge in [0.05, 0.1) is 16.7 Å². The average Bonchev–Trinajstić information content (AvgIpc) is 1.93. The van der Waals surface area contributed by atoms with Crippen molar-refractivity contribution in [3.05, 3.63) is 215 Å². The summed E-state index contributed by atoms with van der Waals surface area (Å²) >= 11 is 0. The molecule has 0 atom stereocenters. The highest BCUT2D eigenvalue weighted by atomic mass is 15.2. The predicted molar refractivity (Wildman–Crippen MR) is 353 cm³/mol. The fraction of sp³-hybridized carbons (Fsp3) is 0.299. The Balaban J connectivity index is 1.29. The maximum Gasteiger partial charge on any atom is 0.252 e. The number of benzene rings is 9. The van der Waals surface area contributed by atoms with E-state index in [2.05, 4.69) is 314 Å². The number of fused-ring (bicyclic) bond motifs is 7. The van der Waals surface area contributed by atoms with E-state index in [0.29, 0.717) is 5.92 Å². The van der Waals surface area contributed by atoms with E-state index < -0.39 is 0 Å². The van der Waals surface area contributed by atoms with Gasteiger partial charge < -0.3 is 14.4 Å². The van der Waals surface area contributed by atoms with Gasteiger partial charge in [-0.25, -0.2) is 0 Å². The maximum absolute atomic E-state index is 2.67. The molecule has 0 spiro atoms. The fourth-order valence-electron chi connectivity index (χ4n) is 12.7. The normalized spacial score (nSPS) is 13.8. The molecule has 3 nitrogen and oxygen atoms in total. The Labute approximate surface area is 484 Å². The monoisotopic (exact) mass is 1060 g/mol. The Hall–Kier alpha value is -7.56. The Kier molecular flexibility index (Phi) is 12.7. The lowest BCUT2D eigenvalue weighted by Crippen LogP contribution is -2.61. The van der Waals surface area contributed by atoms with E-state index in [1.54, 1.807) is 0 Å². The van der Waals surface area contributed by atoms with Gasteiger partial charge in [-0.05, 0) is 166 Å². The maximum atomic E-state index is 2.67. The first-order valence-electron chi connectivity index (χ1n) is 29.7. The molecule has 0 fully saturated rings. The minimum absolute atomic E-state index is 0.0677. The summed E-state index contributed by atoms with van der Waals surface area (Å²) < 4.78 is 2.60. The zero-order chi connectivity index (χ0) is 57.5. The van der Waals surface area contributed by atoms with Crippen LogP contribution in [0.4, 0.5) is 34.1 Å². The van der Waals surface area contributed by atoms with Gasteiger partial charge in [-0.1, -0.05) is 239 Å². The van der Waals surface area contributed by atoms with Gasteiger partial charge in [0.2, 0.25) is 0 Å². The van der Waals surface area contributed by atoms with Crippen molar-refractivity contribution in [2.24, 2.45) is 0 Å². The van der Waals surface area contributed by atoms with Crippen LogP contribution in [0.1, 0.15) is 157 Å². The third-order valence-electron chi connectivity index (χ3n) is 17.7.